The average molecular weight is 246 g/mol. The predicted molar refractivity (Wildman–Crippen MR) is 54.1 cm³/mol. The van der Waals surface area contributed by atoms with Crippen molar-refractivity contribution < 1.29 is 18.3 Å². The lowest BCUT2D eigenvalue weighted by Gasteiger charge is -2.03. The molecule has 1 rings (SSSR count). The van der Waals surface area contributed by atoms with E-state index in [4.69, 9.17) is 5.11 Å². The van der Waals surface area contributed by atoms with Crippen LogP contribution in [0.25, 0.3) is 0 Å². The van der Waals surface area contributed by atoms with Gasteiger partial charge < -0.3 is 5.11 Å². The number of nitrogens with one attached hydrogen (secondary N) is 1. The highest BCUT2D eigenvalue weighted by Crippen LogP contribution is 2.01. The molecule has 8 nitrogen and oxygen atoms in total. The van der Waals surface area contributed by atoms with Gasteiger partial charge in [0, 0.05) is 6.42 Å². The molecule has 0 radical (unpaired) electrons. The number of sulfonamides is 1. The van der Waals surface area contributed by atoms with Crippen LogP contribution in [0.3, 0.4) is 0 Å². The lowest BCUT2D eigenvalue weighted by Crippen LogP contribution is -2.19. The van der Waals surface area contributed by atoms with Crippen LogP contribution in [0, 0.1) is 0 Å². The van der Waals surface area contributed by atoms with Crippen LogP contribution in [0.5, 0.6) is 0 Å². The smallest absolute Gasteiger partial charge is 0.303 e. The molecule has 0 spiro atoms. The summed E-state index contributed by atoms with van der Waals surface area (Å²) in [5, 5.41) is 15.2. The highest BCUT2D eigenvalue weighted by Gasteiger charge is 2.12. The van der Waals surface area contributed by atoms with Crippen LogP contribution in [-0.4, -0.2) is 40.4 Å². The minimum absolute atomic E-state index is 0.0327. The van der Waals surface area contributed by atoms with Crippen molar-refractivity contribution in [3.8, 4) is 0 Å². The Hall–Kier alpha value is -1.77. The SMILES string of the molecule is O=C(O)CCCS(=O)(=O)Nc1nccnn1. The normalized spacial score (nSPS) is 11.0. The number of hydrogen-bond acceptors (Lipinski definition) is 6. The van der Waals surface area contributed by atoms with Crippen LogP contribution >= 0.6 is 0 Å². The molecular weight excluding hydrogens is 236 g/mol. The van der Waals surface area contributed by atoms with E-state index in [2.05, 4.69) is 19.9 Å². The zero-order valence-electron chi connectivity index (χ0n) is 8.20. The fourth-order valence-corrected chi connectivity index (χ4v) is 1.90. The van der Waals surface area contributed by atoms with Gasteiger partial charge in [0.2, 0.25) is 10.0 Å². The topological polar surface area (TPSA) is 122 Å². The monoisotopic (exact) mass is 246 g/mol. The molecule has 0 bridgehead atoms. The summed E-state index contributed by atoms with van der Waals surface area (Å²) < 4.78 is 24.8. The summed E-state index contributed by atoms with van der Waals surface area (Å²) in [5.74, 6) is -1.46. The van der Waals surface area contributed by atoms with Gasteiger partial charge >= 0.3 is 5.97 Å². The van der Waals surface area contributed by atoms with Crippen LogP contribution in [0.4, 0.5) is 5.95 Å². The average Bonchev–Trinajstić information content (AvgIpc) is 2.17. The molecule has 2 N–H and O–H groups in total. The number of carbonyl (C=O) groups is 1. The van der Waals surface area contributed by atoms with Crippen molar-refractivity contribution in [2.45, 2.75) is 12.8 Å². The lowest BCUT2D eigenvalue weighted by molar-refractivity contribution is -0.137. The number of nitrogens with zero attached hydrogens (tertiary/aromatic N) is 3. The maximum atomic E-state index is 11.4. The van der Waals surface area contributed by atoms with E-state index >= 15 is 0 Å². The van der Waals surface area contributed by atoms with Gasteiger partial charge in [-0.3, -0.25) is 4.79 Å². The fourth-order valence-electron chi connectivity index (χ4n) is 0.898. The standard InChI is InChI=1S/C7H10N4O4S/c12-6(13)2-1-5-16(14,15)11-7-8-3-4-9-10-7/h3-4H,1-2,5H2,(H,12,13)(H,8,10,11). The van der Waals surface area contributed by atoms with Crippen molar-refractivity contribution in [2.24, 2.45) is 0 Å². The summed E-state index contributed by atoms with van der Waals surface area (Å²) in [6.45, 7) is 0. The van der Waals surface area contributed by atoms with Gasteiger partial charge in [-0.15, -0.1) is 5.10 Å². The Kier molecular flexibility index (Phi) is 4.11. The van der Waals surface area contributed by atoms with Crippen LogP contribution in [0.15, 0.2) is 12.4 Å². The number of anilines is 1. The van der Waals surface area contributed by atoms with Crippen molar-refractivity contribution >= 4 is 21.9 Å². The zero-order valence-corrected chi connectivity index (χ0v) is 9.01. The van der Waals surface area contributed by atoms with Gasteiger partial charge in [0.25, 0.3) is 5.95 Å². The Morgan fingerprint density at radius 1 is 1.44 bits per heavy atom. The summed E-state index contributed by atoms with van der Waals surface area (Å²) in [7, 11) is -3.61. The molecule has 16 heavy (non-hydrogen) atoms. The minimum atomic E-state index is -3.61. The molecule has 1 heterocycles. The van der Waals surface area contributed by atoms with Gasteiger partial charge in [0.15, 0.2) is 0 Å². The first-order valence-electron chi connectivity index (χ1n) is 4.35. The van der Waals surface area contributed by atoms with Gasteiger partial charge in [-0.2, -0.15) is 5.10 Å². The molecule has 0 amide bonds. The summed E-state index contributed by atoms with van der Waals surface area (Å²) in [4.78, 5) is 13.8. The van der Waals surface area contributed by atoms with Crippen LogP contribution in [0.1, 0.15) is 12.8 Å². The molecule has 1 aromatic heterocycles. The number of aromatic nitrogens is 3. The molecular formula is C7H10N4O4S. The number of rotatable bonds is 6. The second kappa shape index (κ2) is 5.35. The summed E-state index contributed by atoms with van der Waals surface area (Å²) in [5.41, 5.74) is 0. The number of aliphatic carboxylic acids is 1. The Morgan fingerprint density at radius 2 is 2.19 bits per heavy atom. The zero-order chi connectivity index (χ0) is 12.0. The van der Waals surface area contributed by atoms with Crippen LogP contribution in [0.2, 0.25) is 0 Å². The third-order valence-electron chi connectivity index (χ3n) is 1.53. The van der Waals surface area contributed by atoms with Crippen molar-refractivity contribution in [3.05, 3.63) is 12.4 Å². The van der Waals surface area contributed by atoms with E-state index in [1.165, 1.54) is 12.4 Å². The van der Waals surface area contributed by atoms with E-state index in [0.29, 0.717) is 0 Å². The lowest BCUT2D eigenvalue weighted by atomic mass is 10.3. The summed E-state index contributed by atoms with van der Waals surface area (Å²) in [6, 6.07) is 0. The second-order valence-corrected chi connectivity index (χ2v) is 4.73. The third kappa shape index (κ3) is 4.64. The Morgan fingerprint density at radius 3 is 2.75 bits per heavy atom. The highest BCUT2D eigenvalue weighted by molar-refractivity contribution is 7.92. The number of hydrogen-bond donors (Lipinski definition) is 2. The van der Waals surface area contributed by atoms with Crippen LogP contribution < -0.4 is 4.72 Å². The molecule has 0 aliphatic rings. The first kappa shape index (κ1) is 12.3. The molecule has 0 fully saturated rings. The maximum absolute atomic E-state index is 11.4. The first-order valence-corrected chi connectivity index (χ1v) is 6.01. The van der Waals surface area contributed by atoms with Crippen molar-refractivity contribution in [3.63, 3.8) is 0 Å². The van der Waals surface area contributed by atoms with Crippen LogP contribution in [-0.2, 0) is 14.8 Å². The van der Waals surface area contributed by atoms with Gasteiger partial charge in [0.1, 0.15) is 0 Å². The molecule has 0 saturated carbocycles. The number of carboxylic acid groups (broad SMARTS) is 1. The van der Waals surface area contributed by atoms with E-state index in [9.17, 15) is 13.2 Å². The predicted octanol–water partition coefficient (Wildman–Crippen LogP) is -0.522. The maximum Gasteiger partial charge on any atom is 0.303 e. The van der Waals surface area contributed by atoms with Crippen molar-refractivity contribution in [1.82, 2.24) is 15.2 Å². The summed E-state index contributed by atoms with van der Waals surface area (Å²) in [6.07, 6.45) is 2.43. The molecule has 0 atom stereocenters. The minimum Gasteiger partial charge on any atom is -0.481 e. The van der Waals surface area contributed by atoms with Gasteiger partial charge in [-0.05, 0) is 6.42 Å². The first-order chi connectivity index (χ1) is 7.49. The van der Waals surface area contributed by atoms with E-state index in [1.807, 2.05) is 0 Å². The van der Waals surface area contributed by atoms with Gasteiger partial charge in [-0.25, -0.2) is 18.1 Å². The van der Waals surface area contributed by atoms with E-state index in [0.717, 1.165) is 0 Å². The molecule has 0 aliphatic carbocycles. The van der Waals surface area contributed by atoms with Crippen molar-refractivity contribution in [2.75, 3.05) is 10.5 Å². The van der Waals surface area contributed by atoms with Crippen molar-refractivity contribution in [1.29, 1.82) is 0 Å². The van der Waals surface area contributed by atoms with E-state index in [-0.39, 0.29) is 24.5 Å². The second-order valence-electron chi connectivity index (χ2n) is 2.88. The van der Waals surface area contributed by atoms with E-state index < -0.39 is 16.0 Å². The molecule has 0 aromatic carbocycles. The van der Waals surface area contributed by atoms with Gasteiger partial charge in [0.05, 0.1) is 18.1 Å². The molecule has 0 saturated heterocycles. The molecule has 1 aromatic rings. The Labute approximate surface area is 91.8 Å². The molecule has 9 heteroatoms. The quantitative estimate of drug-likeness (QED) is 0.692. The van der Waals surface area contributed by atoms with Gasteiger partial charge in [-0.1, -0.05) is 0 Å². The Balaban J connectivity index is 2.49. The molecule has 0 unspecified atom stereocenters. The molecule has 0 aliphatic heterocycles. The third-order valence-corrected chi connectivity index (χ3v) is 2.85. The number of carboxylic acids is 1. The fraction of sp³-hybridized carbons (Fsp3) is 0.429. The summed E-state index contributed by atoms with van der Waals surface area (Å²) >= 11 is 0. The largest absolute Gasteiger partial charge is 0.481 e. The molecule has 88 valence electrons. The Bertz CT molecular complexity index is 447. The highest BCUT2D eigenvalue weighted by atomic mass is 32.2. The van der Waals surface area contributed by atoms with E-state index in [1.54, 1.807) is 0 Å².